The lowest BCUT2D eigenvalue weighted by Gasteiger charge is -2.07. The number of phenols is 1. The molecule has 0 atom stereocenters. The highest BCUT2D eigenvalue weighted by atomic mass is 19.1. The number of carbonyl (C=O) groups excluding carboxylic acids is 1. The first kappa shape index (κ1) is 19.6. The molecule has 0 aliphatic carbocycles. The standard InChI is InChI=1S/C24H20F2N2O2/c1-14-20(21-12-18(25)13-22(26)23(21)28-14)9-10-27-24(30)16-7-5-15(6-8-16)17-3-2-4-19(29)11-17/h2-8,11-13,28-29H,9-10H2,1H3,(H,27,30). The lowest BCUT2D eigenvalue weighted by atomic mass is 10.0. The second-order valence-corrected chi connectivity index (χ2v) is 7.17. The third-order valence-corrected chi connectivity index (χ3v) is 5.13. The number of halogens is 2. The molecule has 152 valence electrons. The molecule has 3 aromatic carbocycles. The number of amides is 1. The van der Waals surface area contributed by atoms with E-state index in [0.717, 1.165) is 28.5 Å². The highest BCUT2D eigenvalue weighted by molar-refractivity contribution is 5.94. The lowest BCUT2D eigenvalue weighted by molar-refractivity contribution is 0.0954. The number of aromatic amines is 1. The van der Waals surface area contributed by atoms with Crippen LogP contribution in [-0.4, -0.2) is 22.5 Å². The number of H-pyrrole nitrogens is 1. The molecule has 4 nitrogen and oxygen atoms in total. The quantitative estimate of drug-likeness (QED) is 0.432. The van der Waals surface area contributed by atoms with Crippen LogP contribution in [0, 0.1) is 18.6 Å². The van der Waals surface area contributed by atoms with Crippen LogP contribution >= 0.6 is 0 Å². The minimum absolute atomic E-state index is 0.182. The summed E-state index contributed by atoms with van der Waals surface area (Å²) in [5, 5.41) is 12.9. The van der Waals surface area contributed by atoms with Gasteiger partial charge in [0.25, 0.3) is 5.91 Å². The van der Waals surface area contributed by atoms with Crippen LogP contribution < -0.4 is 5.32 Å². The zero-order valence-electron chi connectivity index (χ0n) is 16.3. The summed E-state index contributed by atoms with van der Waals surface area (Å²) >= 11 is 0. The van der Waals surface area contributed by atoms with Crippen LogP contribution in [0.25, 0.3) is 22.0 Å². The summed E-state index contributed by atoms with van der Waals surface area (Å²) in [7, 11) is 0. The monoisotopic (exact) mass is 406 g/mol. The minimum Gasteiger partial charge on any atom is -0.508 e. The summed E-state index contributed by atoms with van der Waals surface area (Å²) in [6, 6.07) is 16.1. The number of benzene rings is 3. The molecule has 6 heteroatoms. The molecule has 0 spiro atoms. The highest BCUT2D eigenvalue weighted by Crippen LogP contribution is 2.26. The number of aromatic hydroxyl groups is 1. The minimum atomic E-state index is -0.629. The van der Waals surface area contributed by atoms with Crippen LogP contribution in [0.2, 0.25) is 0 Å². The zero-order chi connectivity index (χ0) is 21.3. The van der Waals surface area contributed by atoms with Crippen molar-refractivity contribution in [2.24, 2.45) is 0 Å². The molecule has 1 aromatic heterocycles. The molecule has 0 fully saturated rings. The second-order valence-electron chi connectivity index (χ2n) is 7.17. The molecular weight excluding hydrogens is 386 g/mol. The molecule has 0 unspecified atom stereocenters. The van der Waals surface area contributed by atoms with Crippen LogP contribution in [0.1, 0.15) is 21.6 Å². The third-order valence-electron chi connectivity index (χ3n) is 5.13. The average molecular weight is 406 g/mol. The fraction of sp³-hybridized carbons (Fsp3) is 0.125. The van der Waals surface area contributed by atoms with Gasteiger partial charge in [0.1, 0.15) is 17.4 Å². The number of aryl methyl sites for hydroxylation is 1. The molecular formula is C24H20F2N2O2. The van der Waals surface area contributed by atoms with Crippen molar-refractivity contribution in [3.05, 3.63) is 89.1 Å². The Labute approximate surface area is 172 Å². The molecule has 4 rings (SSSR count). The predicted octanol–water partition coefficient (Wildman–Crippen LogP) is 5.10. The normalized spacial score (nSPS) is 11.0. The molecule has 1 heterocycles. The van der Waals surface area contributed by atoms with E-state index in [9.17, 15) is 18.7 Å². The fourth-order valence-electron chi connectivity index (χ4n) is 3.63. The topological polar surface area (TPSA) is 65.1 Å². The largest absolute Gasteiger partial charge is 0.508 e. The zero-order valence-corrected chi connectivity index (χ0v) is 16.3. The van der Waals surface area contributed by atoms with Gasteiger partial charge in [0.2, 0.25) is 0 Å². The second kappa shape index (κ2) is 7.99. The number of carbonyl (C=O) groups is 1. The van der Waals surface area contributed by atoms with E-state index in [1.165, 1.54) is 6.07 Å². The SMILES string of the molecule is Cc1[nH]c2c(F)cc(F)cc2c1CCNC(=O)c1ccc(-c2cccc(O)c2)cc1. The van der Waals surface area contributed by atoms with E-state index in [1.54, 1.807) is 37.3 Å². The van der Waals surface area contributed by atoms with Gasteiger partial charge < -0.3 is 15.4 Å². The fourth-order valence-corrected chi connectivity index (χ4v) is 3.63. The van der Waals surface area contributed by atoms with Crippen molar-refractivity contribution in [3.8, 4) is 16.9 Å². The lowest BCUT2D eigenvalue weighted by Crippen LogP contribution is -2.25. The first-order chi connectivity index (χ1) is 14.4. The van der Waals surface area contributed by atoms with Gasteiger partial charge in [-0.05, 0) is 60.4 Å². The third kappa shape index (κ3) is 3.89. The number of phenolic OH excluding ortho intramolecular Hbond substituents is 1. The number of rotatable bonds is 5. The van der Waals surface area contributed by atoms with Crippen molar-refractivity contribution in [2.45, 2.75) is 13.3 Å². The van der Waals surface area contributed by atoms with Gasteiger partial charge in [-0.15, -0.1) is 0 Å². The summed E-state index contributed by atoms with van der Waals surface area (Å²) < 4.78 is 27.5. The van der Waals surface area contributed by atoms with E-state index < -0.39 is 11.6 Å². The number of aromatic nitrogens is 1. The van der Waals surface area contributed by atoms with Gasteiger partial charge in [0, 0.05) is 29.3 Å². The number of fused-ring (bicyclic) bond motifs is 1. The smallest absolute Gasteiger partial charge is 0.251 e. The van der Waals surface area contributed by atoms with Crippen molar-refractivity contribution in [2.75, 3.05) is 6.54 Å². The average Bonchev–Trinajstić information content (AvgIpc) is 3.04. The van der Waals surface area contributed by atoms with Crippen molar-refractivity contribution in [1.82, 2.24) is 10.3 Å². The Balaban J connectivity index is 1.43. The maximum atomic E-state index is 13.9. The van der Waals surface area contributed by atoms with Crippen LogP contribution in [0.15, 0.2) is 60.7 Å². The summed E-state index contributed by atoms with van der Waals surface area (Å²) in [5.74, 6) is -1.31. The summed E-state index contributed by atoms with van der Waals surface area (Å²) in [6.45, 7) is 2.13. The molecule has 30 heavy (non-hydrogen) atoms. The van der Waals surface area contributed by atoms with Crippen LogP contribution in [0.5, 0.6) is 5.75 Å². The Morgan fingerprint density at radius 1 is 1.03 bits per heavy atom. The van der Waals surface area contributed by atoms with Crippen molar-refractivity contribution >= 4 is 16.8 Å². The van der Waals surface area contributed by atoms with E-state index >= 15 is 0 Å². The molecule has 0 aliphatic heterocycles. The van der Waals surface area contributed by atoms with Crippen molar-refractivity contribution in [1.29, 1.82) is 0 Å². The highest BCUT2D eigenvalue weighted by Gasteiger charge is 2.14. The number of hydrogen-bond acceptors (Lipinski definition) is 2. The van der Waals surface area contributed by atoms with E-state index in [4.69, 9.17) is 0 Å². The molecule has 1 amide bonds. The Bertz CT molecular complexity index is 1230. The maximum absolute atomic E-state index is 13.9. The van der Waals surface area contributed by atoms with Gasteiger partial charge in [-0.1, -0.05) is 24.3 Å². The van der Waals surface area contributed by atoms with Gasteiger partial charge in [0.05, 0.1) is 5.52 Å². The van der Waals surface area contributed by atoms with E-state index in [1.807, 2.05) is 18.2 Å². The summed E-state index contributed by atoms with van der Waals surface area (Å²) in [6.07, 6.45) is 0.446. The Morgan fingerprint density at radius 2 is 1.80 bits per heavy atom. The number of hydrogen-bond donors (Lipinski definition) is 3. The van der Waals surface area contributed by atoms with Crippen molar-refractivity contribution < 1.29 is 18.7 Å². The van der Waals surface area contributed by atoms with Crippen LogP contribution in [-0.2, 0) is 6.42 Å². The van der Waals surface area contributed by atoms with Gasteiger partial charge in [0.15, 0.2) is 0 Å². The van der Waals surface area contributed by atoms with E-state index in [2.05, 4.69) is 10.3 Å². The number of nitrogens with one attached hydrogen (secondary N) is 2. The molecule has 0 bridgehead atoms. The van der Waals surface area contributed by atoms with Gasteiger partial charge in [-0.25, -0.2) is 8.78 Å². The Hall–Kier alpha value is -3.67. The van der Waals surface area contributed by atoms with Crippen LogP contribution in [0.3, 0.4) is 0 Å². The van der Waals surface area contributed by atoms with Gasteiger partial charge >= 0.3 is 0 Å². The summed E-state index contributed by atoms with van der Waals surface area (Å²) in [5.41, 5.74) is 4.06. The Morgan fingerprint density at radius 3 is 2.53 bits per heavy atom. The van der Waals surface area contributed by atoms with E-state index in [-0.39, 0.29) is 17.2 Å². The first-order valence-electron chi connectivity index (χ1n) is 9.56. The van der Waals surface area contributed by atoms with E-state index in [0.29, 0.717) is 23.9 Å². The van der Waals surface area contributed by atoms with Crippen LogP contribution in [0.4, 0.5) is 8.78 Å². The molecule has 3 N–H and O–H groups in total. The summed E-state index contributed by atoms with van der Waals surface area (Å²) in [4.78, 5) is 15.4. The Kier molecular flexibility index (Phi) is 5.23. The van der Waals surface area contributed by atoms with Gasteiger partial charge in [-0.3, -0.25) is 4.79 Å². The molecule has 0 saturated carbocycles. The first-order valence-corrected chi connectivity index (χ1v) is 9.56. The molecule has 0 radical (unpaired) electrons. The molecule has 4 aromatic rings. The predicted molar refractivity (Wildman–Crippen MR) is 113 cm³/mol. The maximum Gasteiger partial charge on any atom is 0.251 e. The van der Waals surface area contributed by atoms with Gasteiger partial charge in [-0.2, -0.15) is 0 Å². The molecule has 0 aliphatic rings. The molecule has 0 saturated heterocycles. The van der Waals surface area contributed by atoms with Crippen molar-refractivity contribution in [3.63, 3.8) is 0 Å².